The predicted molar refractivity (Wildman–Crippen MR) is 122 cm³/mol. The van der Waals surface area contributed by atoms with Crippen LogP contribution in [0, 0.1) is 0 Å². The number of amides is 2. The fourth-order valence-electron chi connectivity index (χ4n) is 3.13. The van der Waals surface area contributed by atoms with Gasteiger partial charge in [-0.05, 0) is 62.6 Å². The first-order chi connectivity index (χ1) is 14.9. The molecule has 31 heavy (non-hydrogen) atoms. The van der Waals surface area contributed by atoms with E-state index in [9.17, 15) is 9.59 Å². The molecule has 0 unspecified atom stereocenters. The summed E-state index contributed by atoms with van der Waals surface area (Å²) in [5.74, 6) is 1.41. The third-order valence-electron chi connectivity index (χ3n) is 4.94. The number of ether oxygens (including phenoxy) is 2. The second-order valence-electron chi connectivity index (χ2n) is 7.46. The van der Waals surface area contributed by atoms with Crippen LogP contribution < -0.4 is 20.3 Å². The molecule has 0 atom stereocenters. The standard InChI is InChI=1S/C23H28N4O4/c1-26(2)11-12-27(23(29)24-18-5-7-19(30-3)8-6-18)15-17-13-16-14-20(31-4)9-10-21(16)25-22(17)28/h5-10,13-14H,11-12,15H2,1-4H3,(H,24,29)(H,25,28). The van der Waals surface area contributed by atoms with Crippen LogP contribution >= 0.6 is 0 Å². The van der Waals surface area contributed by atoms with Gasteiger partial charge in [-0.1, -0.05) is 0 Å². The number of H-pyrrole nitrogens is 1. The molecule has 0 aliphatic carbocycles. The molecule has 2 aromatic carbocycles. The number of methoxy groups -OCH3 is 2. The Balaban J connectivity index is 1.84. The second-order valence-corrected chi connectivity index (χ2v) is 7.46. The van der Waals surface area contributed by atoms with Gasteiger partial charge in [0, 0.05) is 35.2 Å². The number of carbonyl (C=O) groups is 1. The van der Waals surface area contributed by atoms with E-state index >= 15 is 0 Å². The highest BCUT2D eigenvalue weighted by Crippen LogP contribution is 2.20. The van der Waals surface area contributed by atoms with Crippen molar-refractivity contribution in [2.45, 2.75) is 6.54 Å². The summed E-state index contributed by atoms with van der Waals surface area (Å²) in [6.45, 7) is 1.30. The number of aromatic amines is 1. The van der Waals surface area contributed by atoms with E-state index in [1.807, 2.05) is 25.1 Å². The number of anilines is 1. The highest BCUT2D eigenvalue weighted by atomic mass is 16.5. The van der Waals surface area contributed by atoms with Crippen LogP contribution in [0.5, 0.6) is 11.5 Å². The largest absolute Gasteiger partial charge is 0.497 e. The first-order valence-electron chi connectivity index (χ1n) is 9.94. The van der Waals surface area contributed by atoms with Crippen molar-refractivity contribution >= 4 is 22.6 Å². The van der Waals surface area contributed by atoms with Crippen LogP contribution in [-0.4, -0.2) is 62.2 Å². The zero-order valence-corrected chi connectivity index (χ0v) is 18.3. The molecule has 0 radical (unpaired) electrons. The maximum Gasteiger partial charge on any atom is 0.322 e. The number of aromatic nitrogens is 1. The molecule has 8 nitrogen and oxygen atoms in total. The summed E-state index contributed by atoms with van der Waals surface area (Å²) >= 11 is 0. The van der Waals surface area contributed by atoms with Crippen molar-refractivity contribution in [2.24, 2.45) is 0 Å². The van der Waals surface area contributed by atoms with Crippen LogP contribution in [0.3, 0.4) is 0 Å². The first kappa shape index (κ1) is 22.2. The van der Waals surface area contributed by atoms with Crippen LogP contribution in [0.15, 0.2) is 53.3 Å². The Kier molecular flexibility index (Phi) is 7.15. The molecule has 0 saturated heterocycles. The van der Waals surface area contributed by atoms with E-state index < -0.39 is 0 Å². The number of carbonyl (C=O) groups excluding carboxylic acids is 1. The van der Waals surface area contributed by atoms with Gasteiger partial charge >= 0.3 is 6.03 Å². The lowest BCUT2D eigenvalue weighted by Gasteiger charge is -2.25. The van der Waals surface area contributed by atoms with Gasteiger partial charge in [0.1, 0.15) is 11.5 Å². The second kappa shape index (κ2) is 9.99. The van der Waals surface area contributed by atoms with Gasteiger partial charge in [0.05, 0.1) is 20.8 Å². The summed E-state index contributed by atoms with van der Waals surface area (Å²) in [5.41, 5.74) is 1.66. The van der Waals surface area contributed by atoms with Crippen LogP contribution in [0.2, 0.25) is 0 Å². The van der Waals surface area contributed by atoms with Crippen molar-refractivity contribution in [1.29, 1.82) is 0 Å². The van der Waals surface area contributed by atoms with E-state index in [1.54, 1.807) is 61.6 Å². The first-order valence-corrected chi connectivity index (χ1v) is 9.94. The summed E-state index contributed by atoms with van der Waals surface area (Å²) in [4.78, 5) is 32.1. The quantitative estimate of drug-likeness (QED) is 0.580. The number of nitrogens with zero attached hydrogens (tertiary/aromatic N) is 2. The molecule has 0 aliphatic heterocycles. The van der Waals surface area contributed by atoms with Gasteiger partial charge in [-0.3, -0.25) is 4.79 Å². The van der Waals surface area contributed by atoms with E-state index in [1.165, 1.54) is 0 Å². The Morgan fingerprint density at radius 2 is 1.65 bits per heavy atom. The molecule has 3 rings (SSSR count). The molecule has 164 valence electrons. The predicted octanol–water partition coefficient (Wildman–Crippen LogP) is 3.14. The molecule has 2 amide bonds. The van der Waals surface area contributed by atoms with Crippen molar-refractivity contribution in [3.63, 3.8) is 0 Å². The lowest BCUT2D eigenvalue weighted by atomic mass is 10.1. The van der Waals surface area contributed by atoms with Crippen molar-refractivity contribution in [1.82, 2.24) is 14.8 Å². The molecule has 8 heteroatoms. The molecule has 0 fully saturated rings. The zero-order chi connectivity index (χ0) is 22.4. The van der Waals surface area contributed by atoms with E-state index in [-0.39, 0.29) is 18.1 Å². The van der Waals surface area contributed by atoms with E-state index in [2.05, 4.69) is 10.3 Å². The fraction of sp³-hybridized carbons (Fsp3) is 0.304. The number of hydrogen-bond donors (Lipinski definition) is 2. The molecule has 2 N–H and O–H groups in total. The number of benzene rings is 2. The summed E-state index contributed by atoms with van der Waals surface area (Å²) in [7, 11) is 7.07. The molecule has 0 aliphatic rings. The normalized spacial score (nSPS) is 10.9. The number of hydrogen-bond acceptors (Lipinski definition) is 5. The molecule has 0 bridgehead atoms. The molecular weight excluding hydrogens is 396 g/mol. The minimum absolute atomic E-state index is 0.179. The summed E-state index contributed by atoms with van der Waals surface area (Å²) in [6, 6.07) is 14.1. The summed E-state index contributed by atoms with van der Waals surface area (Å²) < 4.78 is 10.4. The van der Waals surface area contributed by atoms with Gasteiger partial charge in [-0.15, -0.1) is 0 Å². The number of urea groups is 1. The Morgan fingerprint density at radius 1 is 0.968 bits per heavy atom. The van der Waals surface area contributed by atoms with Crippen molar-refractivity contribution < 1.29 is 14.3 Å². The number of fused-ring (bicyclic) bond motifs is 1. The van der Waals surface area contributed by atoms with Crippen molar-refractivity contribution in [3.8, 4) is 11.5 Å². The van der Waals surface area contributed by atoms with Crippen LogP contribution in [-0.2, 0) is 6.54 Å². The number of rotatable bonds is 8. The lowest BCUT2D eigenvalue weighted by Crippen LogP contribution is -2.40. The van der Waals surface area contributed by atoms with Gasteiger partial charge in [0.15, 0.2) is 0 Å². The van der Waals surface area contributed by atoms with E-state index in [0.717, 1.165) is 10.9 Å². The smallest absolute Gasteiger partial charge is 0.322 e. The molecule has 1 heterocycles. The SMILES string of the molecule is COc1ccc(NC(=O)N(CCN(C)C)Cc2cc3cc(OC)ccc3[nH]c2=O)cc1. The third kappa shape index (κ3) is 5.76. The average molecular weight is 425 g/mol. The number of nitrogens with one attached hydrogen (secondary N) is 2. The molecule has 0 saturated carbocycles. The Hall–Kier alpha value is -3.52. The lowest BCUT2D eigenvalue weighted by molar-refractivity contribution is 0.202. The summed E-state index contributed by atoms with van der Waals surface area (Å²) in [5, 5.41) is 3.74. The minimum Gasteiger partial charge on any atom is -0.497 e. The number of likely N-dealkylation sites (N-methyl/N-ethyl adjacent to an activating group) is 1. The van der Waals surface area contributed by atoms with E-state index in [4.69, 9.17) is 9.47 Å². The zero-order valence-electron chi connectivity index (χ0n) is 18.3. The molecule has 0 spiro atoms. The Labute approximate surface area is 181 Å². The van der Waals surface area contributed by atoms with Gasteiger partial charge in [0.2, 0.25) is 0 Å². The van der Waals surface area contributed by atoms with Gasteiger partial charge < -0.3 is 29.6 Å². The Morgan fingerprint density at radius 3 is 2.29 bits per heavy atom. The maximum absolute atomic E-state index is 13.0. The highest BCUT2D eigenvalue weighted by molar-refractivity contribution is 5.89. The van der Waals surface area contributed by atoms with Crippen LogP contribution in [0.4, 0.5) is 10.5 Å². The van der Waals surface area contributed by atoms with Crippen molar-refractivity contribution in [3.05, 3.63) is 64.4 Å². The van der Waals surface area contributed by atoms with Crippen LogP contribution in [0.1, 0.15) is 5.56 Å². The topological polar surface area (TPSA) is 86.9 Å². The van der Waals surface area contributed by atoms with Crippen molar-refractivity contribution in [2.75, 3.05) is 46.7 Å². The van der Waals surface area contributed by atoms with E-state index in [0.29, 0.717) is 35.8 Å². The fourth-order valence-corrected chi connectivity index (χ4v) is 3.13. The van der Waals surface area contributed by atoms with Gasteiger partial charge in [-0.2, -0.15) is 0 Å². The maximum atomic E-state index is 13.0. The van der Waals surface area contributed by atoms with Crippen LogP contribution in [0.25, 0.3) is 10.9 Å². The number of pyridine rings is 1. The van der Waals surface area contributed by atoms with Gasteiger partial charge in [0.25, 0.3) is 5.56 Å². The summed E-state index contributed by atoms with van der Waals surface area (Å²) in [6.07, 6.45) is 0. The minimum atomic E-state index is -0.280. The monoisotopic (exact) mass is 424 g/mol. The molecular formula is C23H28N4O4. The Bertz CT molecular complexity index is 1090. The molecule has 3 aromatic rings. The molecule has 1 aromatic heterocycles. The third-order valence-corrected chi connectivity index (χ3v) is 4.94. The highest BCUT2D eigenvalue weighted by Gasteiger charge is 2.17. The van der Waals surface area contributed by atoms with Gasteiger partial charge in [-0.25, -0.2) is 4.79 Å². The average Bonchev–Trinajstić information content (AvgIpc) is 2.76.